The van der Waals surface area contributed by atoms with Crippen molar-refractivity contribution < 1.29 is 307 Å². The molecule has 0 rings (SSSR count). The van der Waals surface area contributed by atoms with E-state index in [0.29, 0.717) is 0 Å². The molecule has 0 bridgehead atoms. The quantitative estimate of drug-likeness (QED) is 0.0486. The van der Waals surface area contributed by atoms with E-state index in [-0.39, 0.29) is 6.92 Å². The Morgan fingerprint density at radius 1 is 0.151 bits per heavy atom. The summed E-state index contributed by atoms with van der Waals surface area (Å²) in [5.41, 5.74) is 0. The van der Waals surface area contributed by atoms with E-state index in [1.165, 1.54) is 0 Å². The second kappa shape index (κ2) is 24.4. The van der Waals surface area contributed by atoms with E-state index in [1.807, 2.05) is 0 Å². The Morgan fingerprint density at radius 3 is 0.311 bits per heavy atom. The molecule has 0 aromatic heterocycles. The Labute approximate surface area is 526 Å². The first kappa shape index (κ1) is 101. The second-order valence-corrected chi connectivity index (χ2v) is 21.4. The topological polar surface area (TPSA) is 43.4 Å². The summed E-state index contributed by atoms with van der Waals surface area (Å²) in [5.74, 6) is -328. The minimum atomic E-state index is -11.4. The van der Waals surface area contributed by atoms with Gasteiger partial charge in [0.2, 0.25) is 0 Å². The molecule has 0 spiro atoms. The summed E-state index contributed by atoms with van der Waals surface area (Å²) in [6.45, 7) is -2.75. The van der Waals surface area contributed by atoms with Crippen LogP contribution in [-0.4, -0.2) is 210 Å². The lowest BCUT2D eigenvalue weighted by Gasteiger charge is -2.48. The molecule has 3 nitrogen and oxygen atoms in total. The molecular weight excluding hydrogens is 1770 g/mol. The number of halogens is 67. The van der Waals surface area contributed by atoms with Crippen LogP contribution in [0, 0.1) is 0 Å². The van der Waals surface area contributed by atoms with Gasteiger partial charge in [-0.15, -0.1) is 0 Å². The van der Waals surface area contributed by atoms with Crippen LogP contribution < -0.4 is 0 Å². The van der Waals surface area contributed by atoms with Crippen molar-refractivity contribution >= 4 is 10.1 Å². The smallest absolute Gasteiger partial charge is 0.267 e. The van der Waals surface area contributed by atoms with E-state index in [2.05, 4.69) is 4.18 Å². The fraction of sp³-hybridized carbons (Fsp3) is 1.00. The van der Waals surface area contributed by atoms with Crippen LogP contribution in [0.15, 0.2) is 0 Å². The maximum atomic E-state index is 14.5. The minimum Gasteiger partial charge on any atom is -0.267 e. The van der Waals surface area contributed by atoms with Crippen LogP contribution in [0.2, 0.25) is 0 Å². The molecule has 0 saturated heterocycles. The number of rotatable bonds is 33. The molecule has 638 valence electrons. The van der Waals surface area contributed by atoms with E-state index in [1.54, 1.807) is 0 Å². The zero-order valence-electron chi connectivity index (χ0n) is 45.2. The number of hydrogen-bond acceptors (Lipinski definition) is 3. The third kappa shape index (κ3) is 10.9. The molecule has 0 saturated carbocycles. The van der Waals surface area contributed by atoms with Gasteiger partial charge in [-0.05, 0) is 6.92 Å². The molecule has 71 heteroatoms. The first-order valence-corrected chi connectivity index (χ1v) is 23.8. The molecule has 0 aliphatic heterocycles. The summed E-state index contributed by atoms with van der Waals surface area (Å²) in [4.78, 5) is 0. The predicted molar refractivity (Wildman–Crippen MR) is 185 cm³/mol. The maximum Gasteiger partial charge on any atom is 0.460 e. The summed E-state index contributed by atoms with van der Waals surface area (Å²) in [6, 6.07) is 0. The van der Waals surface area contributed by atoms with Crippen molar-refractivity contribution in [3.63, 3.8) is 0 Å². The van der Waals surface area contributed by atoms with Crippen LogP contribution in [0.3, 0.4) is 0 Å². The van der Waals surface area contributed by atoms with E-state index >= 15 is 0 Å². The lowest BCUT2D eigenvalue weighted by Crippen LogP contribution is -2.81. The molecule has 0 heterocycles. The molecule has 0 aliphatic carbocycles. The van der Waals surface area contributed by atoms with Crippen molar-refractivity contribution in [2.24, 2.45) is 0 Å². The highest BCUT2D eigenvalue weighted by Gasteiger charge is 3.07. The maximum absolute atomic E-state index is 14.5. The Kier molecular flexibility index (Phi) is 23.3. The van der Waals surface area contributed by atoms with Crippen LogP contribution in [0.5, 0.6) is 0 Å². The Morgan fingerprint density at radius 2 is 0.236 bits per heavy atom. The van der Waals surface area contributed by atoms with Crippen LogP contribution in [0.1, 0.15) is 6.92 Å². The van der Waals surface area contributed by atoms with Gasteiger partial charge < -0.3 is 0 Å². The molecular formula is C35H5F67O3S. The van der Waals surface area contributed by atoms with Gasteiger partial charge in [0.1, 0.15) is 0 Å². The number of hydrogen-bond donors (Lipinski definition) is 0. The van der Waals surface area contributed by atoms with Crippen molar-refractivity contribution in [1.29, 1.82) is 0 Å². The molecule has 106 heavy (non-hydrogen) atoms. The predicted octanol–water partition coefficient (Wildman–Crippen LogP) is 21.2. The molecule has 0 amide bonds. The monoisotopic (exact) mass is 1780 g/mol. The van der Waals surface area contributed by atoms with Gasteiger partial charge in [-0.25, -0.2) is 4.39 Å². The third-order valence-electron chi connectivity index (χ3n) is 13.2. The molecule has 0 aromatic carbocycles. The standard InChI is InChI=1S/C35H5F67O3S/c1-2-105-106(103,104)33(96,35(100,101)102)31(92,93)29(88,89)27(84,85)25(80,81)23(76,77)21(72,73)19(68,69)17(64,65)15(60,61)13(56,57)11(52,53)9(48,49)7(44,45)5(40,41)3(36,37)4(38,39)6(42,43)8(46,47)10(50,51)12(54,55)14(58,59)16(62,63)18(66,67)20(70,71)22(74,75)24(78,79)26(82,83)28(86,87)30(90,91)32(94,95)34(97,98)99/h2H2,1H3. The van der Waals surface area contributed by atoms with Crippen molar-refractivity contribution in [3.05, 3.63) is 0 Å². The first-order valence-electron chi connectivity index (χ1n) is 22.4. The van der Waals surface area contributed by atoms with E-state index in [0.717, 1.165) is 0 Å². The van der Waals surface area contributed by atoms with Gasteiger partial charge in [0, 0.05) is 0 Å². The molecule has 0 aliphatic rings. The van der Waals surface area contributed by atoms with Crippen LogP contribution >= 0.6 is 0 Å². The average molecular weight is 1780 g/mol. The Balaban J connectivity index is 8.56. The second-order valence-electron chi connectivity index (χ2n) is 19.7. The molecule has 0 aromatic rings. The Bertz CT molecular complexity index is 3290. The van der Waals surface area contributed by atoms with E-state index in [9.17, 15) is 303 Å². The van der Waals surface area contributed by atoms with Gasteiger partial charge in [-0.3, -0.25) is 4.18 Å². The zero-order valence-corrected chi connectivity index (χ0v) is 46.0. The number of alkyl halides is 67. The first-order chi connectivity index (χ1) is 44.3. The molecule has 1 unspecified atom stereocenters. The summed E-state index contributed by atoms with van der Waals surface area (Å²) < 4.78 is 965. The molecule has 0 radical (unpaired) electrons. The van der Waals surface area contributed by atoms with Crippen molar-refractivity contribution in [1.82, 2.24) is 0 Å². The largest absolute Gasteiger partial charge is 0.460 e. The van der Waals surface area contributed by atoms with Crippen LogP contribution in [0.4, 0.5) is 294 Å². The molecule has 0 N–H and O–H groups in total. The van der Waals surface area contributed by atoms with Gasteiger partial charge in [0.05, 0.1) is 6.61 Å². The van der Waals surface area contributed by atoms with Crippen molar-refractivity contribution in [3.8, 4) is 0 Å². The lowest BCUT2D eigenvalue weighted by molar-refractivity contribution is -0.501. The fourth-order valence-corrected chi connectivity index (χ4v) is 7.81. The average Bonchev–Trinajstić information content (AvgIpc) is 0.678. The van der Waals surface area contributed by atoms with E-state index < -0.39 is 212 Å². The lowest BCUT2D eigenvalue weighted by atomic mass is 9.80. The van der Waals surface area contributed by atoms with Gasteiger partial charge in [-0.2, -0.15) is 298 Å². The highest BCUT2D eigenvalue weighted by Crippen LogP contribution is 2.75. The fourth-order valence-electron chi connectivity index (χ4n) is 6.61. The summed E-state index contributed by atoms with van der Waals surface area (Å²) in [6.07, 6.45) is -17.6. The SMILES string of the molecule is CCOS(=O)(=O)C(F)(C(F)(F)F)C(F)(F)C(F)(F)C(F)(F)C(F)(F)C(F)(F)C(F)(F)C(F)(F)C(F)(F)C(F)(F)C(F)(F)C(F)(F)C(F)(F)C(F)(F)C(F)(F)C(F)(F)C(F)(F)C(F)(F)C(F)(F)C(F)(F)C(F)(F)C(F)(F)C(F)(F)C(F)(F)C(F)(F)C(F)(F)C(F)(F)C(F)(F)C(F)(F)C(F)(F)C(F)(F)C(F)(F)F. The zero-order chi connectivity index (χ0) is 88.4. The Hall–Kier alpha value is -4.78. The summed E-state index contributed by atoms with van der Waals surface area (Å²) in [7, 11) is -8.88. The van der Waals surface area contributed by atoms with E-state index in [4.69, 9.17) is 0 Å². The summed E-state index contributed by atoms with van der Waals surface area (Å²) in [5, 5.41) is -9.11. The third-order valence-corrected chi connectivity index (χ3v) is 14.9. The molecule has 0 fully saturated rings. The van der Waals surface area contributed by atoms with Gasteiger partial charge >= 0.3 is 205 Å². The minimum absolute atomic E-state index is 0.269. The molecule has 1 atom stereocenters. The summed E-state index contributed by atoms with van der Waals surface area (Å²) >= 11 is 0. The van der Waals surface area contributed by atoms with Crippen molar-refractivity contribution in [2.45, 2.75) is 202 Å². The van der Waals surface area contributed by atoms with Gasteiger partial charge in [-0.1, -0.05) is 0 Å². The van der Waals surface area contributed by atoms with Crippen LogP contribution in [-0.2, 0) is 14.3 Å². The van der Waals surface area contributed by atoms with Gasteiger partial charge in [0.25, 0.3) is 0 Å². The normalized spacial score (nSPS) is 18.0. The highest BCUT2D eigenvalue weighted by molar-refractivity contribution is 7.88. The van der Waals surface area contributed by atoms with Crippen molar-refractivity contribution in [2.75, 3.05) is 6.61 Å². The van der Waals surface area contributed by atoms with Crippen LogP contribution in [0.25, 0.3) is 0 Å². The van der Waals surface area contributed by atoms with Gasteiger partial charge in [0.15, 0.2) is 0 Å². The highest BCUT2D eigenvalue weighted by atomic mass is 32.2.